The van der Waals surface area contributed by atoms with E-state index in [0.29, 0.717) is 18.1 Å². The van der Waals surface area contributed by atoms with Crippen LogP contribution in [0.2, 0.25) is 0 Å². The largest absolute Gasteiger partial charge is 0.311 e. The number of amides is 1. The molecule has 0 unspecified atom stereocenters. The van der Waals surface area contributed by atoms with Crippen molar-refractivity contribution in [1.29, 1.82) is 0 Å². The van der Waals surface area contributed by atoms with E-state index in [-0.39, 0.29) is 5.91 Å². The summed E-state index contributed by atoms with van der Waals surface area (Å²) in [7, 11) is 0. The molecular formula is C19H23N3O. The summed E-state index contributed by atoms with van der Waals surface area (Å²) in [6.07, 6.45) is 9.80. The molecule has 3 rings (SSSR count). The normalized spacial score (nSPS) is 14.8. The lowest BCUT2D eigenvalue weighted by atomic mass is 10.0. The Morgan fingerprint density at radius 3 is 2.70 bits per heavy atom. The third kappa shape index (κ3) is 4.62. The first-order valence-electron chi connectivity index (χ1n) is 8.49. The fraction of sp³-hybridized carbons (Fsp3) is 0.421. The molecule has 0 aliphatic heterocycles. The monoisotopic (exact) mass is 309 g/mol. The highest BCUT2D eigenvalue weighted by Crippen LogP contribution is 2.28. The molecule has 1 aliphatic carbocycles. The van der Waals surface area contributed by atoms with Crippen molar-refractivity contribution in [3.8, 4) is 11.4 Å². The molecule has 0 atom stereocenters. The molecule has 1 aromatic heterocycles. The molecule has 23 heavy (non-hydrogen) atoms. The lowest BCUT2D eigenvalue weighted by Gasteiger charge is -2.09. The van der Waals surface area contributed by atoms with Crippen LogP contribution in [-0.4, -0.2) is 15.9 Å². The maximum atomic E-state index is 12.1. The Morgan fingerprint density at radius 2 is 1.91 bits per heavy atom. The van der Waals surface area contributed by atoms with Gasteiger partial charge in [0.2, 0.25) is 5.91 Å². The van der Waals surface area contributed by atoms with Gasteiger partial charge in [-0.15, -0.1) is 0 Å². The Kier molecular flexibility index (Phi) is 5.35. The first-order chi connectivity index (χ1) is 11.3. The number of carbonyl (C=O) groups excluding carboxylic acids is 1. The number of nitrogens with one attached hydrogen (secondary N) is 1. The van der Waals surface area contributed by atoms with E-state index in [4.69, 9.17) is 0 Å². The second-order valence-electron chi connectivity index (χ2n) is 6.22. The quantitative estimate of drug-likeness (QED) is 0.858. The molecule has 1 heterocycles. The predicted octanol–water partition coefficient (Wildman–Crippen LogP) is 4.44. The molecule has 1 fully saturated rings. The average molecular weight is 309 g/mol. The lowest BCUT2D eigenvalue weighted by molar-refractivity contribution is -0.116. The molecule has 0 saturated heterocycles. The Bertz CT molecular complexity index is 636. The van der Waals surface area contributed by atoms with E-state index in [1.54, 1.807) is 12.3 Å². The molecule has 4 heteroatoms. The fourth-order valence-electron chi connectivity index (χ4n) is 3.21. The zero-order chi connectivity index (χ0) is 15.9. The van der Waals surface area contributed by atoms with Crippen LogP contribution in [0.3, 0.4) is 0 Å². The van der Waals surface area contributed by atoms with Crippen LogP contribution in [0.5, 0.6) is 0 Å². The van der Waals surface area contributed by atoms with Crippen molar-refractivity contribution < 1.29 is 4.79 Å². The Hall–Kier alpha value is -2.23. The van der Waals surface area contributed by atoms with Crippen LogP contribution in [0.1, 0.15) is 44.9 Å². The number of hydrogen-bond acceptors (Lipinski definition) is 3. The first kappa shape index (κ1) is 15.7. The maximum Gasteiger partial charge on any atom is 0.225 e. The van der Waals surface area contributed by atoms with Gasteiger partial charge in [0.1, 0.15) is 5.82 Å². The summed E-state index contributed by atoms with van der Waals surface area (Å²) in [6.45, 7) is 0. The van der Waals surface area contributed by atoms with E-state index < -0.39 is 0 Å². The van der Waals surface area contributed by atoms with Gasteiger partial charge in [-0.25, -0.2) is 9.97 Å². The first-order valence-corrected chi connectivity index (χ1v) is 8.49. The number of benzene rings is 1. The van der Waals surface area contributed by atoms with Crippen molar-refractivity contribution in [2.75, 3.05) is 5.32 Å². The summed E-state index contributed by atoms with van der Waals surface area (Å²) in [5.74, 6) is 2.09. The zero-order valence-electron chi connectivity index (χ0n) is 13.4. The highest BCUT2D eigenvalue weighted by atomic mass is 16.1. The standard InChI is InChI=1S/C19H23N3O/c23-18(12-6-9-15-7-4-5-8-15)21-17-13-14-20-19(22-17)16-10-2-1-3-11-16/h1-3,10-11,13-15H,4-9,12H2,(H,20,21,22,23). The van der Waals surface area contributed by atoms with Crippen LogP contribution in [0.25, 0.3) is 11.4 Å². The molecule has 0 radical (unpaired) electrons. The van der Waals surface area contributed by atoms with Gasteiger partial charge < -0.3 is 5.32 Å². The van der Waals surface area contributed by atoms with Gasteiger partial charge in [-0.3, -0.25) is 4.79 Å². The van der Waals surface area contributed by atoms with E-state index in [1.165, 1.54) is 32.1 Å². The molecule has 0 bridgehead atoms. The molecule has 4 nitrogen and oxygen atoms in total. The van der Waals surface area contributed by atoms with E-state index in [9.17, 15) is 4.79 Å². The topological polar surface area (TPSA) is 54.9 Å². The van der Waals surface area contributed by atoms with Crippen molar-refractivity contribution >= 4 is 11.7 Å². The van der Waals surface area contributed by atoms with Gasteiger partial charge in [-0.05, 0) is 24.8 Å². The molecule has 120 valence electrons. The van der Waals surface area contributed by atoms with Crippen molar-refractivity contribution in [1.82, 2.24) is 9.97 Å². The summed E-state index contributed by atoms with van der Waals surface area (Å²) >= 11 is 0. The SMILES string of the molecule is O=C(CCCC1CCCC1)Nc1ccnc(-c2ccccc2)n1. The van der Waals surface area contributed by atoms with E-state index in [0.717, 1.165) is 17.9 Å². The third-order valence-electron chi connectivity index (χ3n) is 4.45. The van der Waals surface area contributed by atoms with Crippen molar-refractivity contribution in [2.45, 2.75) is 44.9 Å². The molecule has 2 aromatic rings. The number of rotatable bonds is 6. The molecule has 1 aromatic carbocycles. The number of hydrogen-bond donors (Lipinski definition) is 1. The Morgan fingerprint density at radius 1 is 1.13 bits per heavy atom. The molecule has 0 spiro atoms. The van der Waals surface area contributed by atoms with Crippen LogP contribution in [0, 0.1) is 5.92 Å². The number of carbonyl (C=O) groups is 1. The Balaban J connectivity index is 1.52. The van der Waals surface area contributed by atoms with Crippen LogP contribution in [-0.2, 0) is 4.79 Å². The second kappa shape index (κ2) is 7.86. The summed E-state index contributed by atoms with van der Waals surface area (Å²) in [6, 6.07) is 11.5. The summed E-state index contributed by atoms with van der Waals surface area (Å²) in [5.41, 5.74) is 0.949. The van der Waals surface area contributed by atoms with E-state index >= 15 is 0 Å². The van der Waals surface area contributed by atoms with Gasteiger partial charge in [-0.1, -0.05) is 56.0 Å². The smallest absolute Gasteiger partial charge is 0.225 e. The van der Waals surface area contributed by atoms with Crippen molar-refractivity contribution in [2.24, 2.45) is 5.92 Å². The van der Waals surface area contributed by atoms with Crippen LogP contribution < -0.4 is 5.32 Å². The van der Waals surface area contributed by atoms with E-state index in [2.05, 4.69) is 15.3 Å². The lowest BCUT2D eigenvalue weighted by Crippen LogP contribution is -2.13. The highest BCUT2D eigenvalue weighted by Gasteiger charge is 2.15. The van der Waals surface area contributed by atoms with Crippen molar-refractivity contribution in [3.05, 3.63) is 42.6 Å². The van der Waals surface area contributed by atoms with Gasteiger partial charge >= 0.3 is 0 Å². The maximum absolute atomic E-state index is 12.1. The van der Waals surface area contributed by atoms with Gasteiger partial charge in [0, 0.05) is 18.2 Å². The second-order valence-corrected chi connectivity index (χ2v) is 6.22. The third-order valence-corrected chi connectivity index (χ3v) is 4.45. The highest BCUT2D eigenvalue weighted by molar-refractivity contribution is 5.89. The number of aromatic nitrogens is 2. The summed E-state index contributed by atoms with van der Waals surface area (Å²) < 4.78 is 0. The van der Waals surface area contributed by atoms with Crippen LogP contribution >= 0.6 is 0 Å². The molecule has 1 amide bonds. The molecule has 1 saturated carbocycles. The van der Waals surface area contributed by atoms with Gasteiger partial charge in [0.25, 0.3) is 0 Å². The van der Waals surface area contributed by atoms with Gasteiger partial charge in [0.15, 0.2) is 5.82 Å². The molecule has 1 aliphatic rings. The number of anilines is 1. The fourth-order valence-corrected chi connectivity index (χ4v) is 3.21. The van der Waals surface area contributed by atoms with Crippen LogP contribution in [0.4, 0.5) is 5.82 Å². The number of nitrogens with zero attached hydrogens (tertiary/aromatic N) is 2. The minimum Gasteiger partial charge on any atom is -0.311 e. The zero-order valence-corrected chi connectivity index (χ0v) is 13.4. The molecule has 1 N–H and O–H groups in total. The molecular weight excluding hydrogens is 286 g/mol. The van der Waals surface area contributed by atoms with Crippen molar-refractivity contribution in [3.63, 3.8) is 0 Å². The Labute approximate surface area is 137 Å². The van der Waals surface area contributed by atoms with E-state index in [1.807, 2.05) is 30.3 Å². The predicted molar refractivity (Wildman–Crippen MR) is 91.9 cm³/mol. The van der Waals surface area contributed by atoms with Gasteiger partial charge in [0.05, 0.1) is 0 Å². The minimum absolute atomic E-state index is 0.0423. The van der Waals surface area contributed by atoms with Crippen LogP contribution in [0.15, 0.2) is 42.6 Å². The average Bonchev–Trinajstić information content (AvgIpc) is 3.09. The summed E-state index contributed by atoms with van der Waals surface area (Å²) in [5, 5.41) is 2.89. The minimum atomic E-state index is 0.0423. The van der Waals surface area contributed by atoms with Gasteiger partial charge in [-0.2, -0.15) is 0 Å². The summed E-state index contributed by atoms with van der Waals surface area (Å²) in [4.78, 5) is 20.8.